The van der Waals surface area contributed by atoms with Crippen molar-refractivity contribution >= 4 is 11.6 Å². The van der Waals surface area contributed by atoms with Crippen LogP contribution in [0.3, 0.4) is 0 Å². The maximum absolute atomic E-state index is 12.7. The Labute approximate surface area is 126 Å². The molecule has 0 aromatic heterocycles. The van der Waals surface area contributed by atoms with Gasteiger partial charge in [-0.05, 0) is 49.9 Å². The van der Waals surface area contributed by atoms with Gasteiger partial charge in [0.1, 0.15) is 0 Å². The second-order valence-electron chi connectivity index (χ2n) is 6.68. The highest BCUT2D eigenvalue weighted by molar-refractivity contribution is 5.96. The molecule has 4 nitrogen and oxygen atoms in total. The van der Waals surface area contributed by atoms with E-state index in [1.54, 1.807) is 0 Å². The van der Waals surface area contributed by atoms with E-state index in [9.17, 15) is 4.79 Å². The summed E-state index contributed by atoms with van der Waals surface area (Å²) in [5.41, 5.74) is 2.43. The van der Waals surface area contributed by atoms with Crippen molar-refractivity contribution < 1.29 is 4.79 Å². The third kappa shape index (κ3) is 2.17. The predicted molar refractivity (Wildman–Crippen MR) is 83.4 cm³/mol. The van der Waals surface area contributed by atoms with Crippen molar-refractivity contribution in [3.8, 4) is 0 Å². The smallest absolute Gasteiger partial charge is 0.241 e. The Morgan fingerprint density at radius 3 is 3.05 bits per heavy atom. The molecule has 0 aliphatic carbocycles. The van der Waals surface area contributed by atoms with Crippen molar-refractivity contribution in [3.63, 3.8) is 0 Å². The summed E-state index contributed by atoms with van der Waals surface area (Å²) in [5.74, 6) is 1.72. The lowest BCUT2D eigenvalue weighted by Gasteiger charge is -2.26. The molecule has 112 valence electrons. The van der Waals surface area contributed by atoms with Crippen molar-refractivity contribution in [1.82, 2.24) is 10.2 Å². The number of hydrogen-bond acceptors (Lipinski definition) is 3. The number of anilines is 1. The van der Waals surface area contributed by atoms with Crippen molar-refractivity contribution in [2.75, 3.05) is 37.6 Å². The number of carbonyl (C=O) groups is 1. The molecule has 0 spiro atoms. The van der Waals surface area contributed by atoms with E-state index >= 15 is 0 Å². The Morgan fingerprint density at radius 2 is 2.19 bits per heavy atom. The normalized spacial score (nSPS) is 31.5. The number of amides is 1. The molecule has 3 heterocycles. The minimum atomic E-state index is 0.264. The van der Waals surface area contributed by atoms with E-state index in [4.69, 9.17) is 0 Å². The first-order valence-corrected chi connectivity index (χ1v) is 8.07. The fourth-order valence-electron chi connectivity index (χ4n) is 4.32. The Balaban J connectivity index is 1.45. The molecule has 1 N–H and O–H groups in total. The summed E-state index contributed by atoms with van der Waals surface area (Å²) in [5, 5.41) is 3.47. The van der Waals surface area contributed by atoms with Gasteiger partial charge in [-0.2, -0.15) is 0 Å². The summed E-state index contributed by atoms with van der Waals surface area (Å²) in [7, 11) is 0. The Kier molecular flexibility index (Phi) is 3.23. The monoisotopic (exact) mass is 285 g/mol. The van der Waals surface area contributed by atoms with Gasteiger partial charge >= 0.3 is 0 Å². The molecule has 3 unspecified atom stereocenters. The highest BCUT2D eigenvalue weighted by atomic mass is 16.2. The standard InChI is InChI=1S/C17H23N3O/c1-12-15-9-18-8-14(15)10-19(12)11-17(21)20-7-6-13-4-2-3-5-16(13)20/h2-5,12,14-15,18H,6-11H2,1H3. The summed E-state index contributed by atoms with van der Waals surface area (Å²) >= 11 is 0. The fourth-order valence-corrected chi connectivity index (χ4v) is 4.32. The summed E-state index contributed by atoms with van der Waals surface area (Å²) in [4.78, 5) is 17.1. The van der Waals surface area contributed by atoms with Crippen molar-refractivity contribution in [1.29, 1.82) is 0 Å². The first-order chi connectivity index (χ1) is 10.2. The van der Waals surface area contributed by atoms with Crippen LogP contribution in [0.4, 0.5) is 5.69 Å². The van der Waals surface area contributed by atoms with Gasteiger partial charge in [0, 0.05) is 24.8 Å². The second-order valence-corrected chi connectivity index (χ2v) is 6.68. The first-order valence-electron chi connectivity index (χ1n) is 8.07. The molecule has 0 bridgehead atoms. The van der Waals surface area contributed by atoms with E-state index in [0.717, 1.165) is 50.1 Å². The number of nitrogens with zero attached hydrogens (tertiary/aromatic N) is 2. The van der Waals surface area contributed by atoms with E-state index in [2.05, 4.69) is 35.3 Å². The molecule has 4 rings (SSSR count). The molecule has 2 saturated heterocycles. The number of nitrogens with one attached hydrogen (secondary N) is 1. The van der Waals surface area contributed by atoms with Gasteiger partial charge in [0.05, 0.1) is 6.54 Å². The van der Waals surface area contributed by atoms with Gasteiger partial charge in [-0.15, -0.1) is 0 Å². The highest BCUT2D eigenvalue weighted by Crippen LogP contribution is 2.33. The minimum absolute atomic E-state index is 0.264. The molecule has 4 heteroatoms. The quantitative estimate of drug-likeness (QED) is 0.884. The molecule has 21 heavy (non-hydrogen) atoms. The van der Waals surface area contributed by atoms with Gasteiger partial charge < -0.3 is 10.2 Å². The molecule has 2 fully saturated rings. The molecule has 3 atom stereocenters. The van der Waals surface area contributed by atoms with Crippen LogP contribution >= 0.6 is 0 Å². The van der Waals surface area contributed by atoms with Gasteiger partial charge in [0.25, 0.3) is 0 Å². The average Bonchev–Trinajstić information content (AvgIpc) is 3.16. The molecular formula is C17H23N3O. The van der Waals surface area contributed by atoms with Crippen molar-refractivity contribution in [3.05, 3.63) is 29.8 Å². The zero-order valence-corrected chi connectivity index (χ0v) is 12.6. The number of fused-ring (bicyclic) bond motifs is 2. The van der Waals surface area contributed by atoms with Crippen LogP contribution in [0.2, 0.25) is 0 Å². The van der Waals surface area contributed by atoms with Crippen LogP contribution < -0.4 is 10.2 Å². The Hall–Kier alpha value is -1.39. The van der Waals surface area contributed by atoms with Crippen LogP contribution in [0.5, 0.6) is 0 Å². The molecular weight excluding hydrogens is 262 g/mol. The lowest BCUT2D eigenvalue weighted by molar-refractivity contribution is -0.119. The molecule has 3 aliphatic rings. The largest absolute Gasteiger partial charge is 0.316 e. The van der Waals surface area contributed by atoms with Gasteiger partial charge in [-0.1, -0.05) is 18.2 Å². The molecule has 1 aromatic carbocycles. The van der Waals surface area contributed by atoms with Gasteiger partial charge in [-0.25, -0.2) is 0 Å². The number of para-hydroxylation sites is 1. The van der Waals surface area contributed by atoms with Gasteiger partial charge in [-0.3, -0.25) is 9.69 Å². The number of carbonyl (C=O) groups excluding carboxylic acids is 1. The number of rotatable bonds is 2. The van der Waals surface area contributed by atoms with E-state index in [1.807, 2.05) is 11.0 Å². The topological polar surface area (TPSA) is 35.6 Å². The summed E-state index contributed by atoms with van der Waals surface area (Å²) in [6, 6.07) is 8.82. The Bertz CT molecular complexity index is 559. The number of hydrogen-bond donors (Lipinski definition) is 1. The zero-order chi connectivity index (χ0) is 14.4. The van der Waals surface area contributed by atoms with Crippen LogP contribution in [-0.4, -0.2) is 49.6 Å². The van der Waals surface area contributed by atoms with E-state index < -0.39 is 0 Å². The summed E-state index contributed by atoms with van der Waals surface area (Å²) in [6.07, 6.45) is 0.993. The number of likely N-dealkylation sites (tertiary alicyclic amines) is 1. The molecule has 3 aliphatic heterocycles. The van der Waals surface area contributed by atoms with Gasteiger partial charge in [0.2, 0.25) is 5.91 Å². The van der Waals surface area contributed by atoms with E-state index in [0.29, 0.717) is 12.6 Å². The molecule has 0 saturated carbocycles. The molecule has 1 amide bonds. The molecule has 0 radical (unpaired) electrons. The van der Waals surface area contributed by atoms with Crippen LogP contribution in [0.25, 0.3) is 0 Å². The fraction of sp³-hybridized carbons (Fsp3) is 0.588. The number of benzene rings is 1. The molecule has 1 aromatic rings. The SMILES string of the molecule is CC1C2CNCC2CN1CC(=O)N1CCc2ccccc21. The minimum Gasteiger partial charge on any atom is -0.316 e. The third-order valence-corrected chi connectivity index (χ3v) is 5.58. The van der Waals surface area contributed by atoms with Gasteiger partial charge in [0.15, 0.2) is 0 Å². The van der Waals surface area contributed by atoms with Crippen molar-refractivity contribution in [2.45, 2.75) is 19.4 Å². The lowest BCUT2D eigenvalue weighted by atomic mass is 9.95. The Morgan fingerprint density at radius 1 is 1.33 bits per heavy atom. The summed E-state index contributed by atoms with van der Waals surface area (Å²) in [6.45, 7) is 7.00. The summed E-state index contributed by atoms with van der Waals surface area (Å²) < 4.78 is 0. The van der Waals surface area contributed by atoms with Crippen LogP contribution in [-0.2, 0) is 11.2 Å². The maximum Gasteiger partial charge on any atom is 0.241 e. The third-order valence-electron chi connectivity index (χ3n) is 5.58. The van der Waals surface area contributed by atoms with Crippen LogP contribution in [0.1, 0.15) is 12.5 Å². The highest BCUT2D eigenvalue weighted by Gasteiger charge is 2.42. The first kappa shape index (κ1) is 13.3. The predicted octanol–water partition coefficient (Wildman–Crippen LogP) is 1.12. The zero-order valence-electron chi connectivity index (χ0n) is 12.6. The maximum atomic E-state index is 12.7. The van der Waals surface area contributed by atoms with E-state index in [1.165, 1.54) is 5.56 Å². The van der Waals surface area contributed by atoms with E-state index in [-0.39, 0.29) is 5.91 Å². The lowest BCUT2D eigenvalue weighted by Crippen LogP contribution is -2.42. The van der Waals surface area contributed by atoms with Crippen LogP contribution in [0, 0.1) is 11.8 Å². The second kappa shape index (κ2) is 5.11. The van der Waals surface area contributed by atoms with Crippen LogP contribution in [0.15, 0.2) is 24.3 Å². The van der Waals surface area contributed by atoms with Crippen molar-refractivity contribution in [2.24, 2.45) is 11.8 Å². The average molecular weight is 285 g/mol.